The van der Waals surface area contributed by atoms with Gasteiger partial charge in [0.15, 0.2) is 0 Å². The van der Waals surface area contributed by atoms with Crippen LogP contribution in [-0.2, 0) is 11.2 Å². The van der Waals surface area contributed by atoms with E-state index < -0.39 is 0 Å². The second-order valence-corrected chi connectivity index (χ2v) is 7.11. The molecule has 2 heterocycles. The average Bonchev–Trinajstić information content (AvgIpc) is 2.97. The Kier molecular flexibility index (Phi) is 4.86. The average molecular weight is 378 g/mol. The van der Waals surface area contributed by atoms with Crippen molar-refractivity contribution in [3.05, 3.63) is 71.3 Å². The smallest absolute Gasteiger partial charge is 0.243 e. The summed E-state index contributed by atoms with van der Waals surface area (Å²) in [5, 5.41) is 7.54. The van der Waals surface area contributed by atoms with Crippen LogP contribution in [0.4, 0.5) is 15.8 Å². The van der Waals surface area contributed by atoms with Gasteiger partial charge in [0.1, 0.15) is 5.82 Å². The molecule has 0 radical (unpaired) electrons. The van der Waals surface area contributed by atoms with E-state index in [1.54, 1.807) is 6.07 Å². The van der Waals surface area contributed by atoms with Gasteiger partial charge in [0.2, 0.25) is 5.91 Å². The van der Waals surface area contributed by atoms with E-state index in [0.717, 1.165) is 35.5 Å². The number of nitrogens with zero attached hydrogens (tertiary/aromatic N) is 3. The molecule has 1 aromatic heterocycles. The molecule has 0 saturated heterocycles. The molecule has 0 bridgehead atoms. The molecule has 0 saturated carbocycles. The molecule has 0 unspecified atom stereocenters. The number of benzene rings is 2. The molecule has 1 amide bonds. The summed E-state index contributed by atoms with van der Waals surface area (Å²) in [4.78, 5) is 14.6. The fraction of sp³-hybridized carbons (Fsp3) is 0.273. The highest BCUT2D eigenvalue weighted by atomic mass is 19.1. The lowest BCUT2D eigenvalue weighted by atomic mass is 10.0. The molecule has 2 aromatic carbocycles. The second kappa shape index (κ2) is 7.46. The lowest BCUT2D eigenvalue weighted by molar-refractivity contribution is -0.115. The van der Waals surface area contributed by atoms with E-state index in [0.29, 0.717) is 17.9 Å². The minimum Gasteiger partial charge on any atom is -0.360 e. The lowest BCUT2D eigenvalue weighted by Crippen LogP contribution is -2.37. The Hall–Kier alpha value is -3.15. The van der Waals surface area contributed by atoms with Gasteiger partial charge in [0.05, 0.1) is 35.0 Å². The van der Waals surface area contributed by atoms with Gasteiger partial charge in [-0.15, -0.1) is 0 Å². The molecule has 1 N–H and O–H groups in total. The Morgan fingerprint density at radius 3 is 2.71 bits per heavy atom. The number of aryl methyl sites for hydroxylation is 2. The van der Waals surface area contributed by atoms with E-state index in [-0.39, 0.29) is 18.3 Å². The van der Waals surface area contributed by atoms with Crippen molar-refractivity contribution in [1.82, 2.24) is 9.78 Å². The Balaban J connectivity index is 1.54. The number of halogens is 1. The molecule has 5 nitrogen and oxygen atoms in total. The van der Waals surface area contributed by atoms with Crippen LogP contribution in [0.15, 0.2) is 48.5 Å². The summed E-state index contributed by atoms with van der Waals surface area (Å²) >= 11 is 0. The number of amides is 1. The summed E-state index contributed by atoms with van der Waals surface area (Å²) in [7, 11) is 0. The SMILES string of the molecule is Cc1nn(-c2ccccc2)c(C)c1NC(=O)CN1CCCc2cccc(F)c21. The summed E-state index contributed by atoms with van der Waals surface area (Å²) in [6.45, 7) is 4.59. The van der Waals surface area contributed by atoms with Crippen molar-refractivity contribution in [1.29, 1.82) is 0 Å². The molecule has 0 aliphatic carbocycles. The summed E-state index contributed by atoms with van der Waals surface area (Å²) in [5.74, 6) is -0.441. The predicted molar refractivity (Wildman–Crippen MR) is 109 cm³/mol. The third kappa shape index (κ3) is 3.38. The Labute approximate surface area is 163 Å². The van der Waals surface area contributed by atoms with Gasteiger partial charge in [-0.25, -0.2) is 9.07 Å². The monoisotopic (exact) mass is 378 g/mol. The molecule has 0 spiro atoms. The first-order valence-electron chi connectivity index (χ1n) is 9.48. The van der Waals surface area contributed by atoms with Crippen LogP contribution in [0.1, 0.15) is 23.4 Å². The number of anilines is 2. The summed E-state index contributed by atoms with van der Waals surface area (Å²) < 4.78 is 16.2. The maximum absolute atomic E-state index is 14.3. The van der Waals surface area contributed by atoms with Crippen LogP contribution in [0.5, 0.6) is 0 Å². The highest BCUT2D eigenvalue weighted by molar-refractivity contribution is 5.95. The van der Waals surface area contributed by atoms with Crippen LogP contribution in [0.3, 0.4) is 0 Å². The lowest BCUT2D eigenvalue weighted by Gasteiger charge is -2.31. The van der Waals surface area contributed by atoms with Crippen LogP contribution in [0.25, 0.3) is 5.69 Å². The van der Waals surface area contributed by atoms with E-state index in [1.807, 2.05) is 59.8 Å². The molecule has 28 heavy (non-hydrogen) atoms. The van der Waals surface area contributed by atoms with Crippen molar-refractivity contribution >= 4 is 17.3 Å². The van der Waals surface area contributed by atoms with Crippen molar-refractivity contribution < 1.29 is 9.18 Å². The van der Waals surface area contributed by atoms with E-state index in [1.165, 1.54) is 6.07 Å². The van der Waals surface area contributed by atoms with Crippen molar-refractivity contribution in [2.24, 2.45) is 0 Å². The maximum Gasteiger partial charge on any atom is 0.243 e. The van der Waals surface area contributed by atoms with E-state index in [4.69, 9.17) is 0 Å². The van der Waals surface area contributed by atoms with Gasteiger partial charge in [-0.1, -0.05) is 30.3 Å². The molecule has 1 aliphatic rings. The number of nitrogens with one attached hydrogen (secondary N) is 1. The van der Waals surface area contributed by atoms with Crippen molar-refractivity contribution in [3.63, 3.8) is 0 Å². The predicted octanol–water partition coefficient (Wildman–Crippen LogP) is 4.02. The molecular weight excluding hydrogens is 355 g/mol. The summed E-state index contributed by atoms with van der Waals surface area (Å²) in [6.07, 6.45) is 1.75. The number of carbonyl (C=O) groups is 1. The normalized spacial score (nSPS) is 13.3. The van der Waals surface area contributed by atoms with Crippen molar-refractivity contribution in [2.75, 3.05) is 23.3 Å². The number of aromatic nitrogens is 2. The zero-order valence-corrected chi connectivity index (χ0v) is 16.1. The number of carbonyl (C=O) groups excluding carboxylic acids is 1. The van der Waals surface area contributed by atoms with E-state index >= 15 is 0 Å². The largest absolute Gasteiger partial charge is 0.360 e. The van der Waals surface area contributed by atoms with Gasteiger partial charge in [-0.3, -0.25) is 4.79 Å². The quantitative estimate of drug-likeness (QED) is 0.746. The minimum absolute atomic E-state index is 0.114. The number of hydrogen-bond acceptors (Lipinski definition) is 3. The number of para-hydroxylation sites is 2. The molecule has 0 atom stereocenters. The molecule has 4 rings (SSSR count). The third-order valence-electron chi connectivity index (χ3n) is 5.15. The van der Waals surface area contributed by atoms with Gasteiger partial charge >= 0.3 is 0 Å². The number of hydrogen-bond donors (Lipinski definition) is 1. The second-order valence-electron chi connectivity index (χ2n) is 7.11. The molecule has 144 valence electrons. The first kappa shape index (κ1) is 18.2. The highest BCUT2D eigenvalue weighted by Crippen LogP contribution is 2.30. The third-order valence-corrected chi connectivity index (χ3v) is 5.15. The topological polar surface area (TPSA) is 50.2 Å². The van der Waals surface area contributed by atoms with Crippen molar-refractivity contribution in [2.45, 2.75) is 26.7 Å². The first-order chi connectivity index (χ1) is 13.5. The van der Waals surface area contributed by atoms with Gasteiger partial charge < -0.3 is 10.2 Å². The fourth-order valence-electron chi connectivity index (χ4n) is 3.84. The zero-order valence-electron chi connectivity index (χ0n) is 16.1. The van der Waals surface area contributed by atoms with Crippen LogP contribution in [-0.4, -0.2) is 28.8 Å². The van der Waals surface area contributed by atoms with Gasteiger partial charge in [0, 0.05) is 6.54 Å². The van der Waals surface area contributed by atoms with Gasteiger partial charge in [0.25, 0.3) is 0 Å². The van der Waals surface area contributed by atoms with E-state index in [2.05, 4.69) is 10.4 Å². The van der Waals surface area contributed by atoms with Crippen LogP contribution in [0, 0.1) is 19.7 Å². The zero-order chi connectivity index (χ0) is 19.7. The number of rotatable bonds is 4. The van der Waals surface area contributed by atoms with Crippen LogP contribution in [0.2, 0.25) is 0 Å². The van der Waals surface area contributed by atoms with Gasteiger partial charge in [-0.2, -0.15) is 5.10 Å². The summed E-state index contributed by atoms with van der Waals surface area (Å²) in [5.41, 5.74) is 4.78. The highest BCUT2D eigenvalue weighted by Gasteiger charge is 2.23. The Morgan fingerprint density at radius 1 is 1.14 bits per heavy atom. The Morgan fingerprint density at radius 2 is 1.93 bits per heavy atom. The Bertz CT molecular complexity index is 1010. The van der Waals surface area contributed by atoms with Crippen LogP contribution >= 0.6 is 0 Å². The van der Waals surface area contributed by atoms with Crippen LogP contribution < -0.4 is 10.2 Å². The van der Waals surface area contributed by atoms with Crippen molar-refractivity contribution in [3.8, 4) is 5.69 Å². The van der Waals surface area contributed by atoms with E-state index in [9.17, 15) is 9.18 Å². The molecule has 6 heteroatoms. The van der Waals surface area contributed by atoms with Gasteiger partial charge in [-0.05, 0) is 50.5 Å². The maximum atomic E-state index is 14.3. The number of fused-ring (bicyclic) bond motifs is 1. The summed E-state index contributed by atoms with van der Waals surface area (Å²) in [6, 6.07) is 14.9. The molecule has 1 aliphatic heterocycles. The molecule has 3 aromatic rings. The molecule has 0 fully saturated rings. The standard InChI is InChI=1S/C22H23FN4O/c1-15-21(16(2)27(25-15)18-10-4-3-5-11-18)24-20(28)14-26-13-7-9-17-8-6-12-19(23)22(17)26/h3-6,8,10-12H,7,9,13-14H2,1-2H3,(H,24,28). The fourth-order valence-corrected chi connectivity index (χ4v) is 3.84. The minimum atomic E-state index is -0.269. The molecular formula is C22H23FN4O. The first-order valence-corrected chi connectivity index (χ1v) is 9.48.